The van der Waals surface area contributed by atoms with Crippen LogP contribution in [0.15, 0.2) is 71.6 Å². The highest BCUT2D eigenvalue weighted by molar-refractivity contribution is 7.90. The second-order valence-corrected chi connectivity index (χ2v) is 9.12. The number of hydrogen-bond acceptors (Lipinski definition) is 4. The van der Waals surface area contributed by atoms with E-state index in [4.69, 9.17) is 0 Å². The fraction of sp³-hybridized carbons (Fsp3) is 0.227. The molecule has 1 aliphatic heterocycles. The highest BCUT2D eigenvalue weighted by Gasteiger charge is 2.25. The number of nitrogens with one attached hydrogen (secondary N) is 2. The predicted molar refractivity (Wildman–Crippen MR) is 113 cm³/mol. The van der Waals surface area contributed by atoms with Crippen molar-refractivity contribution >= 4 is 26.8 Å². The number of rotatable bonds is 5. The van der Waals surface area contributed by atoms with Gasteiger partial charge in [-0.3, -0.25) is 4.90 Å². The molecule has 8 heteroatoms. The molecule has 156 valence electrons. The molecule has 0 radical (unpaired) electrons. The van der Waals surface area contributed by atoms with Gasteiger partial charge in [0.25, 0.3) is 10.0 Å². The number of carbonyl (C=O) groups excluding carboxylic acids is 1. The highest BCUT2D eigenvalue weighted by Crippen LogP contribution is 2.20. The van der Waals surface area contributed by atoms with Gasteiger partial charge in [-0.1, -0.05) is 36.4 Å². The Morgan fingerprint density at radius 2 is 1.77 bits per heavy atom. The Kier molecular flexibility index (Phi) is 5.69. The van der Waals surface area contributed by atoms with Crippen molar-refractivity contribution in [3.8, 4) is 0 Å². The van der Waals surface area contributed by atoms with Gasteiger partial charge in [0, 0.05) is 25.7 Å². The summed E-state index contributed by atoms with van der Waals surface area (Å²) in [5, 5.41) is 4.58. The smallest absolute Gasteiger partial charge is 0.328 e. The Morgan fingerprint density at radius 1 is 1.03 bits per heavy atom. The van der Waals surface area contributed by atoms with Crippen molar-refractivity contribution in [1.82, 2.24) is 14.9 Å². The zero-order chi connectivity index (χ0) is 21.1. The topological polar surface area (TPSA) is 78.5 Å². The van der Waals surface area contributed by atoms with Crippen molar-refractivity contribution in [2.75, 3.05) is 13.1 Å². The molecule has 0 spiro atoms. The van der Waals surface area contributed by atoms with Crippen LogP contribution in [0.4, 0.5) is 9.18 Å². The Bertz CT molecular complexity index is 1170. The van der Waals surface area contributed by atoms with Crippen LogP contribution in [-0.2, 0) is 16.6 Å². The average Bonchev–Trinajstić information content (AvgIpc) is 3.15. The number of hydrogen-bond donors (Lipinski definition) is 2. The fourth-order valence-corrected chi connectivity index (χ4v) is 4.65. The molecule has 1 saturated heterocycles. The van der Waals surface area contributed by atoms with E-state index in [1.54, 1.807) is 24.3 Å². The first-order valence-electron chi connectivity index (χ1n) is 9.68. The number of amides is 2. The van der Waals surface area contributed by atoms with E-state index >= 15 is 0 Å². The molecule has 2 amide bonds. The molecule has 30 heavy (non-hydrogen) atoms. The molecule has 3 aromatic rings. The number of fused-ring (bicyclic) bond motifs is 1. The van der Waals surface area contributed by atoms with Gasteiger partial charge in [0.05, 0.1) is 4.90 Å². The molecule has 6 nitrogen and oxygen atoms in total. The van der Waals surface area contributed by atoms with Crippen molar-refractivity contribution in [3.05, 3.63) is 78.1 Å². The van der Waals surface area contributed by atoms with Crippen molar-refractivity contribution in [2.45, 2.75) is 23.9 Å². The van der Waals surface area contributed by atoms with Gasteiger partial charge < -0.3 is 5.32 Å². The molecule has 0 aromatic heterocycles. The van der Waals surface area contributed by atoms with Gasteiger partial charge in [-0.05, 0) is 53.1 Å². The van der Waals surface area contributed by atoms with E-state index in [1.807, 2.05) is 18.2 Å². The van der Waals surface area contributed by atoms with Gasteiger partial charge in [0.1, 0.15) is 5.82 Å². The summed E-state index contributed by atoms with van der Waals surface area (Å²) >= 11 is 0. The van der Waals surface area contributed by atoms with Gasteiger partial charge in [-0.15, -0.1) is 0 Å². The van der Waals surface area contributed by atoms with Crippen LogP contribution >= 0.6 is 0 Å². The molecule has 0 bridgehead atoms. The summed E-state index contributed by atoms with van der Waals surface area (Å²) < 4.78 is 39.9. The lowest BCUT2D eigenvalue weighted by molar-refractivity contribution is 0.241. The SMILES string of the molecule is O=C(NC1CCN(Cc2ccc3cc(F)ccc3c2)C1)NS(=O)(=O)c1ccccc1. The minimum Gasteiger partial charge on any atom is -0.333 e. The lowest BCUT2D eigenvalue weighted by atomic mass is 10.1. The second kappa shape index (κ2) is 8.41. The summed E-state index contributed by atoms with van der Waals surface area (Å²) in [5.41, 5.74) is 1.10. The van der Waals surface area contributed by atoms with Crippen LogP contribution in [0.2, 0.25) is 0 Å². The van der Waals surface area contributed by atoms with Gasteiger partial charge in [-0.25, -0.2) is 22.3 Å². The van der Waals surface area contributed by atoms with Crippen LogP contribution in [0.5, 0.6) is 0 Å². The standard InChI is InChI=1S/C22H22FN3O3S/c23-19-9-8-17-12-16(6-7-18(17)13-19)14-26-11-10-20(15-26)24-22(27)25-30(28,29)21-4-2-1-3-5-21/h1-9,12-13,20H,10-11,14-15H2,(H2,24,25,27). The number of benzene rings is 3. The van der Waals surface area contributed by atoms with E-state index in [1.165, 1.54) is 24.3 Å². The normalized spacial score (nSPS) is 17.2. The summed E-state index contributed by atoms with van der Waals surface area (Å²) in [6.45, 7) is 2.12. The molecule has 0 saturated carbocycles. The second-order valence-electron chi connectivity index (χ2n) is 7.44. The summed E-state index contributed by atoms with van der Waals surface area (Å²) in [6.07, 6.45) is 0.734. The molecule has 1 atom stereocenters. The van der Waals surface area contributed by atoms with Crippen LogP contribution < -0.4 is 10.0 Å². The number of carbonyl (C=O) groups is 1. The van der Waals surface area contributed by atoms with Gasteiger partial charge in [-0.2, -0.15) is 0 Å². The van der Waals surface area contributed by atoms with E-state index in [2.05, 4.69) is 14.9 Å². The zero-order valence-electron chi connectivity index (χ0n) is 16.2. The minimum atomic E-state index is -3.89. The number of sulfonamides is 1. The van der Waals surface area contributed by atoms with Crippen LogP contribution in [-0.4, -0.2) is 38.5 Å². The summed E-state index contributed by atoms with van der Waals surface area (Å²) in [5.74, 6) is -0.253. The van der Waals surface area contributed by atoms with Gasteiger partial charge in [0.15, 0.2) is 0 Å². The van der Waals surface area contributed by atoms with E-state index < -0.39 is 16.1 Å². The van der Waals surface area contributed by atoms with Crippen LogP contribution in [0.1, 0.15) is 12.0 Å². The number of urea groups is 1. The lowest BCUT2D eigenvalue weighted by Crippen LogP contribution is -2.45. The Hall–Kier alpha value is -2.97. The van der Waals surface area contributed by atoms with E-state index in [0.29, 0.717) is 13.1 Å². The maximum Gasteiger partial charge on any atom is 0.328 e. The van der Waals surface area contributed by atoms with Crippen molar-refractivity contribution in [3.63, 3.8) is 0 Å². The van der Waals surface area contributed by atoms with Gasteiger partial charge in [0.2, 0.25) is 0 Å². The first kappa shape index (κ1) is 20.3. The highest BCUT2D eigenvalue weighted by atomic mass is 32.2. The number of nitrogens with zero attached hydrogens (tertiary/aromatic N) is 1. The zero-order valence-corrected chi connectivity index (χ0v) is 17.0. The Labute approximate surface area is 174 Å². The maximum absolute atomic E-state index is 13.3. The fourth-order valence-electron chi connectivity index (χ4n) is 3.71. The largest absolute Gasteiger partial charge is 0.333 e. The summed E-state index contributed by atoms with van der Waals surface area (Å²) in [6, 6.07) is 17.6. The molecular formula is C22H22FN3O3S. The monoisotopic (exact) mass is 427 g/mol. The molecule has 1 fully saturated rings. The lowest BCUT2D eigenvalue weighted by Gasteiger charge is -2.17. The molecule has 1 aliphatic rings. The van der Waals surface area contributed by atoms with E-state index in [0.717, 1.165) is 29.3 Å². The average molecular weight is 428 g/mol. The van der Waals surface area contributed by atoms with E-state index in [-0.39, 0.29) is 16.8 Å². The molecular weight excluding hydrogens is 405 g/mol. The Balaban J connectivity index is 1.32. The third-order valence-corrected chi connectivity index (χ3v) is 6.51. The first-order valence-corrected chi connectivity index (χ1v) is 11.2. The third-order valence-electron chi connectivity index (χ3n) is 5.16. The molecule has 1 unspecified atom stereocenters. The maximum atomic E-state index is 13.3. The summed E-state index contributed by atoms with van der Waals surface area (Å²) in [7, 11) is -3.89. The number of likely N-dealkylation sites (tertiary alicyclic amines) is 1. The van der Waals surface area contributed by atoms with Crippen LogP contribution in [0.25, 0.3) is 10.8 Å². The molecule has 0 aliphatic carbocycles. The predicted octanol–water partition coefficient (Wildman–Crippen LogP) is 3.24. The molecule has 2 N–H and O–H groups in total. The number of halogens is 1. The van der Waals surface area contributed by atoms with Crippen molar-refractivity contribution in [2.24, 2.45) is 0 Å². The van der Waals surface area contributed by atoms with Gasteiger partial charge >= 0.3 is 6.03 Å². The van der Waals surface area contributed by atoms with Crippen LogP contribution in [0.3, 0.4) is 0 Å². The third kappa shape index (κ3) is 4.77. The first-order chi connectivity index (χ1) is 14.4. The summed E-state index contributed by atoms with van der Waals surface area (Å²) in [4.78, 5) is 14.4. The molecule has 1 heterocycles. The van der Waals surface area contributed by atoms with E-state index in [9.17, 15) is 17.6 Å². The van der Waals surface area contributed by atoms with Crippen molar-refractivity contribution in [1.29, 1.82) is 0 Å². The molecule has 3 aromatic carbocycles. The van der Waals surface area contributed by atoms with Crippen LogP contribution in [0, 0.1) is 5.82 Å². The Morgan fingerprint density at radius 3 is 2.57 bits per heavy atom. The quantitative estimate of drug-likeness (QED) is 0.655. The molecule has 4 rings (SSSR count). The van der Waals surface area contributed by atoms with Crippen molar-refractivity contribution < 1.29 is 17.6 Å². The minimum absolute atomic E-state index is 0.0457.